The van der Waals surface area contributed by atoms with Gasteiger partial charge in [-0.2, -0.15) is 0 Å². The van der Waals surface area contributed by atoms with E-state index in [1.165, 1.54) is 0 Å². The van der Waals surface area contributed by atoms with E-state index in [0.717, 1.165) is 11.0 Å². The molecule has 2 aromatic rings. The van der Waals surface area contributed by atoms with Crippen molar-refractivity contribution in [2.45, 2.75) is 33.0 Å². The molecule has 0 bridgehead atoms. The number of ether oxygens (including phenoxy) is 1. The third kappa shape index (κ3) is 2.75. The number of aryl methyl sites for hydroxylation is 1. The molecule has 0 amide bonds. The summed E-state index contributed by atoms with van der Waals surface area (Å²) in [6.07, 6.45) is -1.72. The molecule has 0 spiro atoms. The Balaban J connectivity index is 2.27. The smallest absolute Gasteiger partial charge is 0.341 e. The van der Waals surface area contributed by atoms with Crippen LogP contribution in [0.4, 0.5) is 4.39 Å². The van der Waals surface area contributed by atoms with Gasteiger partial charge in [0.05, 0.1) is 17.6 Å². The van der Waals surface area contributed by atoms with E-state index in [1.807, 2.05) is 35.8 Å². The fourth-order valence-electron chi connectivity index (χ4n) is 2.11. The van der Waals surface area contributed by atoms with Gasteiger partial charge in [0.15, 0.2) is 0 Å². The Morgan fingerprint density at radius 3 is 2.84 bits per heavy atom. The van der Waals surface area contributed by atoms with Crippen LogP contribution in [0.1, 0.15) is 19.7 Å². The van der Waals surface area contributed by atoms with Crippen LogP contribution in [0.15, 0.2) is 24.3 Å². The van der Waals surface area contributed by atoms with Crippen LogP contribution in [0.2, 0.25) is 0 Å². The van der Waals surface area contributed by atoms with Gasteiger partial charge in [0.2, 0.25) is 6.17 Å². The Labute approximate surface area is 111 Å². The summed E-state index contributed by atoms with van der Waals surface area (Å²) in [7, 11) is 0. The molecule has 0 fully saturated rings. The van der Waals surface area contributed by atoms with E-state index >= 15 is 0 Å². The lowest BCUT2D eigenvalue weighted by Crippen LogP contribution is -2.23. The molecule has 0 N–H and O–H groups in total. The molecule has 19 heavy (non-hydrogen) atoms. The highest BCUT2D eigenvalue weighted by Crippen LogP contribution is 2.18. The van der Waals surface area contributed by atoms with Crippen LogP contribution in [0, 0.1) is 0 Å². The SMILES string of the molecule is CCOC(=O)C(F)Cc1nc2ccccc2n1CC. The van der Waals surface area contributed by atoms with Gasteiger partial charge in [-0.3, -0.25) is 0 Å². The maximum absolute atomic E-state index is 13.8. The highest BCUT2D eigenvalue weighted by molar-refractivity contribution is 5.77. The van der Waals surface area contributed by atoms with Gasteiger partial charge < -0.3 is 9.30 Å². The monoisotopic (exact) mass is 264 g/mol. The van der Waals surface area contributed by atoms with Crippen molar-refractivity contribution in [2.24, 2.45) is 0 Å². The van der Waals surface area contributed by atoms with E-state index in [1.54, 1.807) is 6.92 Å². The number of rotatable bonds is 5. The van der Waals surface area contributed by atoms with E-state index in [4.69, 9.17) is 0 Å². The maximum atomic E-state index is 13.8. The van der Waals surface area contributed by atoms with Gasteiger partial charge in [-0.15, -0.1) is 0 Å². The van der Waals surface area contributed by atoms with Crippen molar-refractivity contribution in [2.75, 3.05) is 6.61 Å². The first-order valence-corrected chi connectivity index (χ1v) is 6.42. The fraction of sp³-hybridized carbons (Fsp3) is 0.429. The van der Waals surface area contributed by atoms with E-state index < -0.39 is 12.1 Å². The molecule has 1 aromatic heterocycles. The summed E-state index contributed by atoms with van der Waals surface area (Å²) in [6, 6.07) is 7.62. The number of alkyl halides is 1. The molecule has 102 valence electrons. The van der Waals surface area contributed by atoms with E-state index in [9.17, 15) is 9.18 Å². The highest BCUT2D eigenvalue weighted by Gasteiger charge is 2.22. The van der Waals surface area contributed by atoms with E-state index in [0.29, 0.717) is 12.4 Å². The summed E-state index contributed by atoms with van der Waals surface area (Å²) in [6.45, 7) is 4.50. The Kier molecular flexibility index (Phi) is 4.14. The van der Waals surface area contributed by atoms with Crippen LogP contribution in [-0.2, 0) is 22.5 Å². The lowest BCUT2D eigenvalue weighted by atomic mass is 10.2. The zero-order valence-electron chi connectivity index (χ0n) is 11.1. The van der Waals surface area contributed by atoms with Crippen molar-refractivity contribution in [3.8, 4) is 0 Å². The molecule has 0 aliphatic rings. The molecule has 1 unspecified atom stereocenters. The van der Waals surface area contributed by atoms with Gasteiger partial charge in [0, 0.05) is 13.0 Å². The summed E-state index contributed by atoms with van der Waals surface area (Å²) >= 11 is 0. The van der Waals surface area contributed by atoms with Crippen molar-refractivity contribution in [3.63, 3.8) is 0 Å². The molecule has 5 heteroatoms. The number of hydrogen-bond acceptors (Lipinski definition) is 3. The van der Waals surface area contributed by atoms with Gasteiger partial charge in [0.25, 0.3) is 0 Å². The second-order valence-electron chi connectivity index (χ2n) is 4.18. The number of carbonyl (C=O) groups excluding carboxylic acids is 1. The first-order chi connectivity index (χ1) is 9.17. The van der Waals surface area contributed by atoms with Crippen molar-refractivity contribution in [3.05, 3.63) is 30.1 Å². The summed E-state index contributed by atoms with van der Waals surface area (Å²) in [5.41, 5.74) is 1.77. The Morgan fingerprint density at radius 2 is 2.16 bits per heavy atom. The molecule has 0 aliphatic heterocycles. The van der Waals surface area contributed by atoms with Gasteiger partial charge >= 0.3 is 5.97 Å². The summed E-state index contributed by atoms with van der Waals surface area (Å²) < 4.78 is 20.4. The van der Waals surface area contributed by atoms with Gasteiger partial charge in [0.1, 0.15) is 5.82 Å². The average molecular weight is 264 g/mol. The normalized spacial score (nSPS) is 12.6. The molecule has 0 saturated carbocycles. The van der Waals surface area contributed by atoms with Crippen molar-refractivity contribution >= 4 is 17.0 Å². The lowest BCUT2D eigenvalue weighted by molar-refractivity contribution is -0.149. The molecule has 0 radical (unpaired) electrons. The molecule has 1 aromatic carbocycles. The largest absolute Gasteiger partial charge is 0.464 e. The standard InChI is InChI=1S/C14H17FN2O2/c1-3-17-12-8-6-5-7-11(12)16-13(17)9-10(15)14(18)19-4-2/h5-8,10H,3-4,9H2,1-2H3. The molecule has 1 atom stereocenters. The maximum Gasteiger partial charge on any atom is 0.341 e. The minimum atomic E-state index is -1.66. The van der Waals surface area contributed by atoms with Gasteiger partial charge in [-0.05, 0) is 26.0 Å². The number of benzene rings is 1. The predicted octanol–water partition coefficient (Wildman–Crippen LogP) is 2.50. The second-order valence-corrected chi connectivity index (χ2v) is 4.18. The summed E-state index contributed by atoms with van der Waals surface area (Å²) in [5, 5.41) is 0. The number of aromatic nitrogens is 2. The molecule has 2 rings (SSSR count). The van der Waals surface area contributed by atoms with Crippen molar-refractivity contribution < 1.29 is 13.9 Å². The molecular weight excluding hydrogens is 247 g/mol. The number of halogens is 1. The third-order valence-corrected chi connectivity index (χ3v) is 2.95. The topological polar surface area (TPSA) is 44.1 Å². The number of fused-ring (bicyclic) bond motifs is 1. The quantitative estimate of drug-likeness (QED) is 0.779. The molecule has 4 nitrogen and oxygen atoms in total. The second kappa shape index (κ2) is 5.82. The minimum absolute atomic E-state index is 0.0542. The number of nitrogens with zero attached hydrogens (tertiary/aromatic N) is 2. The number of esters is 1. The van der Waals surface area contributed by atoms with E-state index in [-0.39, 0.29) is 13.0 Å². The Hall–Kier alpha value is -1.91. The highest BCUT2D eigenvalue weighted by atomic mass is 19.1. The van der Waals surface area contributed by atoms with Crippen LogP contribution < -0.4 is 0 Å². The van der Waals surface area contributed by atoms with Crippen LogP contribution in [0.25, 0.3) is 11.0 Å². The van der Waals surface area contributed by atoms with Gasteiger partial charge in [-0.1, -0.05) is 12.1 Å². The molecular formula is C14H17FN2O2. The Bertz CT molecular complexity index is 580. The molecule has 0 saturated heterocycles. The van der Waals surface area contributed by atoms with Gasteiger partial charge in [-0.25, -0.2) is 14.2 Å². The Morgan fingerprint density at radius 1 is 1.42 bits per heavy atom. The van der Waals surface area contributed by atoms with Crippen LogP contribution >= 0.6 is 0 Å². The number of carbonyl (C=O) groups is 1. The average Bonchev–Trinajstić information content (AvgIpc) is 2.75. The summed E-state index contributed by atoms with van der Waals surface area (Å²) in [5.74, 6) is -0.249. The first kappa shape index (κ1) is 13.5. The molecule has 0 aliphatic carbocycles. The third-order valence-electron chi connectivity index (χ3n) is 2.95. The van der Waals surface area contributed by atoms with Crippen molar-refractivity contribution in [1.29, 1.82) is 0 Å². The number of hydrogen-bond donors (Lipinski definition) is 0. The number of para-hydroxylation sites is 2. The number of imidazole rings is 1. The first-order valence-electron chi connectivity index (χ1n) is 6.42. The zero-order valence-corrected chi connectivity index (χ0v) is 11.1. The van der Waals surface area contributed by atoms with Crippen molar-refractivity contribution in [1.82, 2.24) is 9.55 Å². The van der Waals surface area contributed by atoms with E-state index in [2.05, 4.69) is 9.72 Å². The lowest BCUT2D eigenvalue weighted by Gasteiger charge is -2.09. The fourth-order valence-corrected chi connectivity index (χ4v) is 2.11. The van der Waals surface area contributed by atoms with Crippen LogP contribution in [-0.4, -0.2) is 28.3 Å². The summed E-state index contributed by atoms with van der Waals surface area (Å²) in [4.78, 5) is 15.7. The van der Waals surface area contributed by atoms with Crippen LogP contribution in [0.3, 0.4) is 0 Å². The minimum Gasteiger partial charge on any atom is -0.464 e. The van der Waals surface area contributed by atoms with Crippen LogP contribution in [0.5, 0.6) is 0 Å². The predicted molar refractivity (Wildman–Crippen MR) is 70.6 cm³/mol. The molecule has 1 heterocycles. The zero-order chi connectivity index (χ0) is 13.8.